The van der Waals surface area contributed by atoms with Crippen molar-refractivity contribution in [3.63, 3.8) is 0 Å². The van der Waals surface area contributed by atoms with Crippen molar-refractivity contribution < 1.29 is 22.6 Å². The molecule has 1 fully saturated rings. The van der Waals surface area contributed by atoms with Crippen molar-refractivity contribution in [1.29, 1.82) is 0 Å². The number of anilines is 1. The molecule has 0 radical (unpaired) electrons. The van der Waals surface area contributed by atoms with Gasteiger partial charge in [0.15, 0.2) is 11.5 Å². The minimum Gasteiger partial charge on any atom is -0.479 e. The van der Waals surface area contributed by atoms with Crippen LogP contribution in [0, 0.1) is 0 Å². The van der Waals surface area contributed by atoms with Crippen LogP contribution in [0.1, 0.15) is 56.8 Å². The zero-order valence-electron chi connectivity index (χ0n) is 20.3. The molecule has 0 spiro atoms. The normalized spacial score (nSPS) is 17.9. The molecule has 13 nitrogen and oxygen atoms in total. The summed E-state index contributed by atoms with van der Waals surface area (Å²) in [6.45, 7) is 3.83. The smallest absolute Gasteiger partial charge is 0.245 e. The third kappa shape index (κ3) is 5.20. The zero-order valence-corrected chi connectivity index (χ0v) is 21.8. The molecule has 2 unspecified atom stereocenters. The number of sulfonamides is 1. The molecular weight excluding hydrogens is 512 g/mol. The summed E-state index contributed by atoms with van der Waals surface area (Å²) < 4.78 is 47.8. The zero-order chi connectivity index (χ0) is 25.9. The van der Waals surface area contributed by atoms with E-state index in [1.54, 1.807) is 13.8 Å². The molecule has 194 valence electrons. The molecule has 3 aromatic rings. The Morgan fingerprint density at radius 1 is 1.08 bits per heavy atom. The molecule has 4 heterocycles. The van der Waals surface area contributed by atoms with E-state index in [0.717, 1.165) is 12.8 Å². The van der Waals surface area contributed by atoms with E-state index in [4.69, 9.17) is 25.8 Å². The minimum absolute atomic E-state index is 0.0818. The Kier molecular flexibility index (Phi) is 7.85. The number of aromatic nitrogens is 7. The van der Waals surface area contributed by atoms with E-state index in [0.29, 0.717) is 29.7 Å². The Labute approximate surface area is 213 Å². The first-order chi connectivity index (χ1) is 17.3. The highest BCUT2D eigenvalue weighted by Gasteiger charge is 2.34. The van der Waals surface area contributed by atoms with Crippen LogP contribution in [0.15, 0.2) is 18.7 Å². The third-order valence-electron chi connectivity index (χ3n) is 6.00. The molecule has 0 aliphatic carbocycles. The number of nitrogens with one attached hydrogen (secondary N) is 1. The average molecular weight is 539 g/mol. The summed E-state index contributed by atoms with van der Waals surface area (Å²) in [5, 5.41) is 7.86. The highest BCUT2D eigenvalue weighted by atomic mass is 35.5. The van der Waals surface area contributed by atoms with Crippen molar-refractivity contribution in [1.82, 2.24) is 34.7 Å². The number of rotatable bonds is 9. The van der Waals surface area contributed by atoms with E-state index in [-0.39, 0.29) is 23.4 Å². The van der Waals surface area contributed by atoms with E-state index in [2.05, 4.69) is 34.9 Å². The van der Waals surface area contributed by atoms with E-state index in [1.165, 1.54) is 37.5 Å². The fraction of sp³-hybridized carbons (Fsp3) is 0.524. The first-order valence-electron chi connectivity index (χ1n) is 11.3. The Hall–Kier alpha value is -3.10. The van der Waals surface area contributed by atoms with Crippen LogP contribution in [0.3, 0.4) is 0 Å². The fourth-order valence-electron chi connectivity index (χ4n) is 3.83. The maximum Gasteiger partial charge on any atom is 0.245 e. The molecule has 3 atom stereocenters. The lowest BCUT2D eigenvalue weighted by atomic mass is 10.1. The highest BCUT2D eigenvalue weighted by molar-refractivity contribution is 7.93. The van der Waals surface area contributed by atoms with Gasteiger partial charge in [0, 0.05) is 24.9 Å². The molecule has 36 heavy (non-hydrogen) atoms. The van der Waals surface area contributed by atoms with Crippen LogP contribution in [-0.2, 0) is 14.8 Å². The molecule has 3 aromatic heterocycles. The Balaban J connectivity index is 1.77. The minimum atomic E-state index is -4.01. The van der Waals surface area contributed by atoms with Gasteiger partial charge < -0.3 is 14.2 Å². The van der Waals surface area contributed by atoms with Crippen LogP contribution < -0.4 is 14.2 Å². The molecule has 1 N–H and O–H groups in total. The lowest BCUT2D eigenvalue weighted by Gasteiger charge is -2.24. The third-order valence-corrected chi connectivity index (χ3v) is 8.05. The lowest BCUT2D eigenvalue weighted by Crippen LogP contribution is -2.31. The number of ether oxygens (including phenoxy) is 3. The maximum absolute atomic E-state index is 13.5. The summed E-state index contributed by atoms with van der Waals surface area (Å²) >= 11 is 5.87. The molecule has 1 aliphatic rings. The molecule has 1 aliphatic heterocycles. The van der Waals surface area contributed by atoms with E-state index in [1.807, 2.05) is 0 Å². The number of nitrogens with zero attached hydrogens (tertiary/aromatic N) is 7. The van der Waals surface area contributed by atoms with Gasteiger partial charge in [-0.1, -0.05) is 18.5 Å². The number of hydrogen-bond acceptors (Lipinski definition) is 11. The fourth-order valence-corrected chi connectivity index (χ4v) is 5.16. The molecule has 15 heteroatoms. The molecule has 0 amide bonds. The van der Waals surface area contributed by atoms with E-state index in [9.17, 15) is 8.42 Å². The van der Waals surface area contributed by atoms with Gasteiger partial charge in [0.2, 0.25) is 27.7 Å². The van der Waals surface area contributed by atoms with E-state index >= 15 is 0 Å². The van der Waals surface area contributed by atoms with Gasteiger partial charge in [-0.15, -0.1) is 10.2 Å². The Bertz CT molecular complexity index is 1280. The highest BCUT2D eigenvalue weighted by Crippen LogP contribution is 2.37. The van der Waals surface area contributed by atoms with Gasteiger partial charge in [0.25, 0.3) is 0 Å². The van der Waals surface area contributed by atoms with Crippen molar-refractivity contribution in [3.05, 3.63) is 35.4 Å². The lowest BCUT2D eigenvalue weighted by molar-refractivity contribution is 0.00837. The summed E-state index contributed by atoms with van der Waals surface area (Å²) in [6.07, 6.45) is 6.24. The van der Waals surface area contributed by atoms with Crippen LogP contribution in [0.5, 0.6) is 11.8 Å². The van der Waals surface area contributed by atoms with Gasteiger partial charge >= 0.3 is 0 Å². The SMILES string of the molecule is COc1ncnc(OC)c1-n1c(NS(=O)(=O)C(C)C(C)c2ncc(Cl)cn2)nnc1[C@@H]1CCCCO1. The summed E-state index contributed by atoms with van der Waals surface area (Å²) in [5.74, 6) is 0.378. The van der Waals surface area contributed by atoms with Gasteiger partial charge in [-0.25, -0.2) is 18.4 Å². The number of methoxy groups -OCH3 is 2. The first-order valence-corrected chi connectivity index (χ1v) is 13.2. The second kappa shape index (κ2) is 10.9. The Morgan fingerprint density at radius 3 is 2.33 bits per heavy atom. The summed E-state index contributed by atoms with van der Waals surface area (Å²) in [4.78, 5) is 16.6. The van der Waals surface area contributed by atoms with Crippen LogP contribution in [0.25, 0.3) is 5.69 Å². The second-order valence-electron chi connectivity index (χ2n) is 8.21. The first kappa shape index (κ1) is 26.0. The number of hydrogen-bond donors (Lipinski definition) is 1. The van der Waals surface area contributed by atoms with Gasteiger partial charge in [-0.05, 0) is 26.2 Å². The maximum atomic E-state index is 13.5. The molecular formula is C21H27ClN8O5S. The van der Waals surface area contributed by atoms with Crippen molar-refractivity contribution in [2.24, 2.45) is 0 Å². The van der Waals surface area contributed by atoms with E-state index < -0.39 is 27.3 Å². The summed E-state index contributed by atoms with van der Waals surface area (Å²) in [5.41, 5.74) is 0.246. The van der Waals surface area contributed by atoms with Crippen LogP contribution >= 0.6 is 11.6 Å². The van der Waals surface area contributed by atoms with Crippen LogP contribution in [0.2, 0.25) is 5.02 Å². The number of halogens is 1. The Morgan fingerprint density at radius 2 is 1.75 bits per heavy atom. The second-order valence-corrected chi connectivity index (χ2v) is 10.7. The quantitative estimate of drug-likeness (QED) is 0.427. The van der Waals surface area contributed by atoms with Crippen molar-refractivity contribution in [3.8, 4) is 17.4 Å². The van der Waals surface area contributed by atoms with Gasteiger partial charge in [0.1, 0.15) is 18.3 Å². The van der Waals surface area contributed by atoms with Crippen molar-refractivity contribution in [2.75, 3.05) is 25.5 Å². The van der Waals surface area contributed by atoms with Crippen molar-refractivity contribution >= 4 is 27.6 Å². The van der Waals surface area contributed by atoms with Crippen LogP contribution in [-0.4, -0.2) is 69.2 Å². The predicted molar refractivity (Wildman–Crippen MR) is 130 cm³/mol. The van der Waals surface area contributed by atoms with Gasteiger partial charge in [0.05, 0.1) is 24.5 Å². The standard InChI is InChI=1S/C21H27ClN8O5S/c1-12(17-23-9-14(22)10-24-17)13(2)36(31,32)29-21-28-27-18(15-7-5-6-8-35-15)30(21)16-19(33-3)25-11-26-20(16)34-4/h9-13,15H,5-8H2,1-4H3,(H,28,29)/t12?,13?,15-/m0/s1. The van der Waals surface area contributed by atoms with Crippen molar-refractivity contribution in [2.45, 2.75) is 50.4 Å². The molecule has 4 rings (SSSR count). The topological polar surface area (TPSA) is 156 Å². The largest absolute Gasteiger partial charge is 0.479 e. The monoisotopic (exact) mass is 538 g/mol. The summed E-state index contributed by atoms with van der Waals surface area (Å²) in [7, 11) is -1.13. The predicted octanol–water partition coefficient (Wildman–Crippen LogP) is 2.69. The van der Waals surface area contributed by atoms with Gasteiger partial charge in [-0.3, -0.25) is 9.29 Å². The molecule has 0 saturated carbocycles. The average Bonchev–Trinajstić information content (AvgIpc) is 3.30. The molecule has 0 aromatic carbocycles. The summed E-state index contributed by atoms with van der Waals surface area (Å²) in [6, 6.07) is 0. The van der Waals surface area contributed by atoms with Crippen LogP contribution in [0.4, 0.5) is 5.95 Å². The molecule has 0 bridgehead atoms. The molecule has 1 saturated heterocycles. The van der Waals surface area contributed by atoms with Gasteiger partial charge in [-0.2, -0.15) is 9.97 Å².